The van der Waals surface area contributed by atoms with Crippen LogP contribution in [-0.4, -0.2) is 16.1 Å². The Morgan fingerprint density at radius 1 is 1.16 bits per heavy atom. The number of hydrogen-bond acceptors (Lipinski definition) is 2. The predicted molar refractivity (Wildman–Crippen MR) is 61.6 cm³/mol. The molecule has 0 aliphatic heterocycles. The van der Waals surface area contributed by atoms with E-state index in [0.29, 0.717) is 11.6 Å². The van der Waals surface area contributed by atoms with E-state index in [1.165, 1.54) is 12.1 Å². The molecule has 0 spiro atoms. The third-order valence-electron chi connectivity index (χ3n) is 2.51. The van der Waals surface area contributed by atoms with Crippen LogP contribution < -0.4 is 0 Å². The van der Waals surface area contributed by atoms with E-state index >= 15 is 0 Å². The Bertz CT molecular complexity index is 609. The van der Waals surface area contributed by atoms with Gasteiger partial charge in [-0.3, -0.25) is 0 Å². The standard InChI is InChI=1S/C13H8F3NO2/c14-13(15,16)10-6-11(12(18)19)17-7-9(10)8-4-2-1-3-5-8/h1-7H,(H,18,19). The van der Waals surface area contributed by atoms with Crippen molar-refractivity contribution in [1.82, 2.24) is 4.98 Å². The molecule has 19 heavy (non-hydrogen) atoms. The first-order valence-corrected chi connectivity index (χ1v) is 5.25. The van der Waals surface area contributed by atoms with Crippen LogP contribution in [0, 0.1) is 0 Å². The van der Waals surface area contributed by atoms with E-state index in [4.69, 9.17) is 5.11 Å². The number of carbonyl (C=O) groups is 1. The zero-order valence-electron chi connectivity index (χ0n) is 9.48. The van der Waals surface area contributed by atoms with E-state index in [2.05, 4.69) is 4.98 Å². The first kappa shape index (κ1) is 13.1. The monoisotopic (exact) mass is 267 g/mol. The third kappa shape index (κ3) is 2.73. The van der Waals surface area contributed by atoms with Gasteiger partial charge in [0, 0.05) is 11.8 Å². The van der Waals surface area contributed by atoms with Crippen molar-refractivity contribution >= 4 is 5.97 Å². The van der Waals surface area contributed by atoms with E-state index in [-0.39, 0.29) is 5.56 Å². The molecule has 0 aliphatic rings. The van der Waals surface area contributed by atoms with Crippen LogP contribution in [-0.2, 0) is 6.18 Å². The molecule has 1 aromatic heterocycles. The summed E-state index contributed by atoms with van der Waals surface area (Å²) in [6.07, 6.45) is -3.71. The maximum absolute atomic E-state index is 13.0. The summed E-state index contributed by atoms with van der Waals surface area (Å²) in [6.45, 7) is 0. The fourth-order valence-electron chi connectivity index (χ4n) is 1.65. The van der Waals surface area contributed by atoms with Gasteiger partial charge in [0.25, 0.3) is 0 Å². The molecule has 0 amide bonds. The zero-order chi connectivity index (χ0) is 14.0. The first-order chi connectivity index (χ1) is 8.89. The Hall–Kier alpha value is -2.37. The van der Waals surface area contributed by atoms with Crippen LogP contribution >= 0.6 is 0 Å². The molecule has 6 heteroatoms. The first-order valence-electron chi connectivity index (χ1n) is 5.25. The second-order valence-electron chi connectivity index (χ2n) is 3.78. The van der Waals surface area contributed by atoms with Crippen molar-refractivity contribution in [2.75, 3.05) is 0 Å². The molecular weight excluding hydrogens is 259 g/mol. The lowest BCUT2D eigenvalue weighted by Gasteiger charge is -2.13. The molecule has 2 rings (SSSR count). The molecule has 1 N–H and O–H groups in total. The quantitative estimate of drug-likeness (QED) is 0.906. The predicted octanol–water partition coefficient (Wildman–Crippen LogP) is 3.47. The second kappa shape index (κ2) is 4.72. The van der Waals surface area contributed by atoms with Gasteiger partial charge in [0.2, 0.25) is 0 Å². The van der Waals surface area contributed by atoms with Gasteiger partial charge < -0.3 is 5.11 Å². The SMILES string of the molecule is O=C(O)c1cc(C(F)(F)F)c(-c2ccccc2)cn1. The van der Waals surface area contributed by atoms with E-state index in [0.717, 1.165) is 6.20 Å². The number of carboxylic acids is 1. The topological polar surface area (TPSA) is 50.2 Å². The highest BCUT2D eigenvalue weighted by molar-refractivity contribution is 5.86. The van der Waals surface area contributed by atoms with Crippen molar-refractivity contribution in [3.8, 4) is 11.1 Å². The fraction of sp³-hybridized carbons (Fsp3) is 0.0769. The van der Waals surface area contributed by atoms with E-state index in [1.807, 2.05) is 0 Å². The summed E-state index contributed by atoms with van der Waals surface area (Å²) in [4.78, 5) is 14.2. The molecule has 3 nitrogen and oxygen atoms in total. The summed E-state index contributed by atoms with van der Waals surface area (Å²) >= 11 is 0. The van der Waals surface area contributed by atoms with Crippen LogP contribution in [0.5, 0.6) is 0 Å². The number of hydrogen-bond donors (Lipinski definition) is 1. The number of pyridine rings is 1. The van der Waals surface area contributed by atoms with Crippen molar-refractivity contribution in [3.63, 3.8) is 0 Å². The maximum Gasteiger partial charge on any atom is 0.417 e. The number of benzene rings is 1. The Morgan fingerprint density at radius 2 is 1.79 bits per heavy atom. The highest BCUT2D eigenvalue weighted by Crippen LogP contribution is 2.36. The largest absolute Gasteiger partial charge is 0.477 e. The van der Waals surface area contributed by atoms with Crippen molar-refractivity contribution in [2.45, 2.75) is 6.18 Å². The van der Waals surface area contributed by atoms with Crippen molar-refractivity contribution in [2.24, 2.45) is 0 Å². The summed E-state index contributed by atoms with van der Waals surface area (Å²) < 4.78 is 38.9. The van der Waals surface area contributed by atoms with Crippen LogP contribution in [0.2, 0.25) is 0 Å². The number of aromatic carboxylic acids is 1. The summed E-state index contributed by atoms with van der Waals surface area (Å²) in [5, 5.41) is 8.71. The van der Waals surface area contributed by atoms with E-state index < -0.39 is 23.4 Å². The lowest BCUT2D eigenvalue weighted by molar-refractivity contribution is -0.137. The second-order valence-corrected chi connectivity index (χ2v) is 3.78. The Kier molecular flexibility index (Phi) is 3.25. The molecule has 2 aromatic rings. The summed E-state index contributed by atoms with van der Waals surface area (Å²) in [5.41, 5.74) is -1.45. The summed E-state index contributed by atoms with van der Waals surface area (Å²) in [6, 6.07) is 8.43. The van der Waals surface area contributed by atoms with E-state index in [9.17, 15) is 18.0 Å². The molecule has 0 atom stereocenters. The smallest absolute Gasteiger partial charge is 0.417 e. The van der Waals surface area contributed by atoms with Gasteiger partial charge >= 0.3 is 12.1 Å². The molecule has 0 radical (unpaired) electrons. The van der Waals surface area contributed by atoms with Crippen molar-refractivity contribution < 1.29 is 23.1 Å². The number of aromatic nitrogens is 1. The van der Waals surface area contributed by atoms with Crippen LogP contribution in [0.1, 0.15) is 16.1 Å². The lowest BCUT2D eigenvalue weighted by Crippen LogP contribution is -2.11. The van der Waals surface area contributed by atoms with Gasteiger partial charge in [-0.2, -0.15) is 13.2 Å². The highest BCUT2D eigenvalue weighted by Gasteiger charge is 2.34. The summed E-state index contributed by atoms with van der Waals surface area (Å²) in [5.74, 6) is -1.50. The average molecular weight is 267 g/mol. The van der Waals surface area contributed by atoms with Crippen LogP contribution in [0.3, 0.4) is 0 Å². The highest BCUT2D eigenvalue weighted by atomic mass is 19.4. The Morgan fingerprint density at radius 3 is 2.32 bits per heavy atom. The number of rotatable bonds is 2. The number of nitrogens with zero attached hydrogens (tertiary/aromatic N) is 1. The molecular formula is C13H8F3NO2. The minimum absolute atomic E-state index is 0.141. The molecule has 0 aliphatic carbocycles. The minimum atomic E-state index is -4.64. The van der Waals surface area contributed by atoms with Crippen LogP contribution in [0.4, 0.5) is 13.2 Å². The van der Waals surface area contributed by atoms with Gasteiger partial charge in [-0.1, -0.05) is 30.3 Å². The van der Waals surface area contributed by atoms with Gasteiger partial charge in [0.05, 0.1) is 5.56 Å². The van der Waals surface area contributed by atoms with Crippen LogP contribution in [0.25, 0.3) is 11.1 Å². The van der Waals surface area contributed by atoms with Gasteiger partial charge in [-0.15, -0.1) is 0 Å². The molecule has 0 saturated heterocycles. The Balaban J connectivity index is 2.65. The van der Waals surface area contributed by atoms with Gasteiger partial charge in [-0.05, 0) is 11.6 Å². The lowest BCUT2D eigenvalue weighted by atomic mass is 10.0. The molecule has 0 fully saturated rings. The zero-order valence-corrected chi connectivity index (χ0v) is 9.48. The summed E-state index contributed by atoms with van der Waals surface area (Å²) in [7, 11) is 0. The third-order valence-corrected chi connectivity index (χ3v) is 2.51. The number of alkyl halides is 3. The fourth-order valence-corrected chi connectivity index (χ4v) is 1.65. The molecule has 0 bridgehead atoms. The molecule has 98 valence electrons. The molecule has 1 heterocycles. The van der Waals surface area contributed by atoms with E-state index in [1.54, 1.807) is 18.2 Å². The molecule has 0 unspecified atom stereocenters. The Labute approximate surface area is 106 Å². The van der Waals surface area contributed by atoms with Gasteiger partial charge in [0.1, 0.15) is 5.69 Å². The average Bonchev–Trinajstić information content (AvgIpc) is 2.38. The van der Waals surface area contributed by atoms with Gasteiger partial charge in [-0.25, -0.2) is 9.78 Å². The van der Waals surface area contributed by atoms with Crippen LogP contribution in [0.15, 0.2) is 42.6 Å². The maximum atomic E-state index is 13.0. The minimum Gasteiger partial charge on any atom is -0.477 e. The number of carboxylic acid groups (broad SMARTS) is 1. The van der Waals surface area contributed by atoms with Crippen molar-refractivity contribution in [1.29, 1.82) is 0 Å². The van der Waals surface area contributed by atoms with Crippen molar-refractivity contribution in [3.05, 3.63) is 53.9 Å². The number of halogens is 3. The normalized spacial score (nSPS) is 11.3. The van der Waals surface area contributed by atoms with Gasteiger partial charge in [0.15, 0.2) is 0 Å². The molecule has 0 saturated carbocycles. The molecule has 1 aromatic carbocycles.